The number of benzene rings is 1. The molecule has 1 N–H and O–H groups in total. The molecule has 0 aliphatic carbocycles. The van der Waals surface area contributed by atoms with Crippen molar-refractivity contribution in [2.45, 2.75) is 13.3 Å². The summed E-state index contributed by atoms with van der Waals surface area (Å²) in [5, 5.41) is 5.35. The third-order valence-electron chi connectivity index (χ3n) is 3.66. The van der Waals surface area contributed by atoms with Crippen molar-refractivity contribution in [3.05, 3.63) is 53.7 Å². The van der Waals surface area contributed by atoms with Gasteiger partial charge in [-0.1, -0.05) is 12.1 Å². The normalized spacial score (nSPS) is 10.5. The Morgan fingerprint density at radius 1 is 1.12 bits per heavy atom. The first-order valence-corrected chi connectivity index (χ1v) is 9.07. The lowest BCUT2D eigenvalue weighted by Gasteiger charge is -2.07. The van der Waals surface area contributed by atoms with Crippen molar-refractivity contribution >= 4 is 17.2 Å². The third-order valence-corrected chi connectivity index (χ3v) is 4.59. The van der Waals surface area contributed by atoms with Gasteiger partial charge in [-0.15, -0.1) is 11.3 Å². The van der Waals surface area contributed by atoms with Crippen LogP contribution in [-0.4, -0.2) is 30.2 Å². The fourth-order valence-corrected chi connectivity index (χ4v) is 3.24. The minimum Gasteiger partial charge on any atom is -0.497 e. The highest BCUT2D eigenvalue weighted by molar-refractivity contribution is 7.13. The van der Waals surface area contributed by atoms with Crippen molar-refractivity contribution < 1.29 is 9.47 Å². The first-order chi connectivity index (χ1) is 12.3. The first kappa shape index (κ1) is 17.2. The van der Waals surface area contributed by atoms with Crippen LogP contribution in [0, 0.1) is 0 Å². The highest BCUT2D eigenvalue weighted by Crippen LogP contribution is 2.30. The molecule has 25 heavy (non-hydrogen) atoms. The summed E-state index contributed by atoms with van der Waals surface area (Å²) in [5.74, 6) is 2.58. The predicted octanol–water partition coefficient (Wildman–Crippen LogP) is 4.27. The van der Waals surface area contributed by atoms with Gasteiger partial charge >= 0.3 is 0 Å². The van der Waals surface area contributed by atoms with Crippen molar-refractivity contribution in [2.24, 2.45) is 0 Å². The second-order valence-corrected chi connectivity index (χ2v) is 6.31. The Bertz CT molecular complexity index is 820. The number of thiophene rings is 1. The van der Waals surface area contributed by atoms with Gasteiger partial charge < -0.3 is 14.8 Å². The summed E-state index contributed by atoms with van der Waals surface area (Å²) in [7, 11) is 1.68. The molecule has 2 heterocycles. The van der Waals surface area contributed by atoms with Crippen molar-refractivity contribution in [1.29, 1.82) is 0 Å². The monoisotopic (exact) mass is 355 g/mol. The van der Waals surface area contributed by atoms with Crippen molar-refractivity contribution in [3.8, 4) is 22.1 Å². The molecule has 0 spiro atoms. The Morgan fingerprint density at radius 3 is 2.88 bits per heavy atom. The number of anilines is 1. The van der Waals surface area contributed by atoms with E-state index in [2.05, 4.69) is 21.4 Å². The average molecular weight is 355 g/mol. The molecule has 0 atom stereocenters. The van der Waals surface area contributed by atoms with Crippen LogP contribution in [0.15, 0.2) is 48.1 Å². The molecular weight excluding hydrogens is 334 g/mol. The zero-order valence-electron chi connectivity index (χ0n) is 14.4. The van der Waals surface area contributed by atoms with Crippen LogP contribution in [0.2, 0.25) is 0 Å². The van der Waals surface area contributed by atoms with E-state index in [1.54, 1.807) is 24.8 Å². The van der Waals surface area contributed by atoms with Crippen molar-refractivity contribution in [1.82, 2.24) is 9.97 Å². The molecule has 0 fully saturated rings. The van der Waals surface area contributed by atoms with Crippen LogP contribution in [0.4, 0.5) is 5.82 Å². The summed E-state index contributed by atoms with van der Waals surface area (Å²) in [6.45, 7) is 3.43. The van der Waals surface area contributed by atoms with E-state index in [1.165, 1.54) is 5.56 Å². The van der Waals surface area contributed by atoms with Gasteiger partial charge in [0.2, 0.25) is 0 Å². The van der Waals surface area contributed by atoms with Gasteiger partial charge in [0.25, 0.3) is 0 Å². The minimum absolute atomic E-state index is 0.664. The average Bonchev–Trinajstić information content (AvgIpc) is 3.11. The van der Waals surface area contributed by atoms with Gasteiger partial charge in [-0.2, -0.15) is 0 Å². The number of hydrogen-bond donors (Lipinski definition) is 1. The number of nitrogens with one attached hydrogen (secondary N) is 1. The van der Waals surface area contributed by atoms with Gasteiger partial charge in [0.05, 0.1) is 24.3 Å². The van der Waals surface area contributed by atoms with Gasteiger partial charge in [0.15, 0.2) is 0 Å². The fraction of sp³-hybridized carbons (Fsp3) is 0.263. The molecule has 3 rings (SSSR count). The van der Waals surface area contributed by atoms with Crippen LogP contribution >= 0.6 is 11.3 Å². The second kappa shape index (κ2) is 8.48. The predicted molar refractivity (Wildman–Crippen MR) is 102 cm³/mol. The maximum absolute atomic E-state index is 5.51. The van der Waals surface area contributed by atoms with Crippen LogP contribution in [0.3, 0.4) is 0 Å². The number of ether oxygens (including phenoxy) is 2. The molecule has 0 amide bonds. The van der Waals surface area contributed by atoms with Gasteiger partial charge in [0, 0.05) is 24.1 Å². The van der Waals surface area contributed by atoms with Gasteiger partial charge in [-0.25, -0.2) is 9.97 Å². The highest BCUT2D eigenvalue weighted by Gasteiger charge is 2.06. The van der Waals surface area contributed by atoms with Gasteiger partial charge in [-0.3, -0.25) is 0 Å². The lowest BCUT2D eigenvalue weighted by Crippen LogP contribution is -2.06. The number of nitrogens with zero attached hydrogens (tertiary/aromatic N) is 2. The Labute approximate surface area is 151 Å². The molecule has 0 unspecified atom stereocenters. The number of hydrogen-bond acceptors (Lipinski definition) is 6. The van der Waals surface area contributed by atoms with Crippen LogP contribution in [0.5, 0.6) is 11.5 Å². The summed E-state index contributed by atoms with van der Waals surface area (Å²) in [6, 6.07) is 12.1. The number of aromatic nitrogens is 2. The number of methoxy groups -OCH3 is 1. The molecule has 0 aliphatic rings. The second-order valence-electron chi connectivity index (χ2n) is 5.40. The largest absolute Gasteiger partial charge is 0.497 e. The Hall–Kier alpha value is -2.60. The molecule has 5 nitrogen and oxygen atoms in total. The molecule has 0 radical (unpaired) electrons. The molecule has 1 aromatic carbocycles. The first-order valence-electron chi connectivity index (χ1n) is 8.19. The van der Waals surface area contributed by atoms with E-state index in [-0.39, 0.29) is 0 Å². The summed E-state index contributed by atoms with van der Waals surface area (Å²) >= 11 is 1.62. The lowest BCUT2D eigenvalue weighted by atomic mass is 10.1. The Balaban J connectivity index is 1.61. The Morgan fingerprint density at radius 2 is 2.04 bits per heavy atom. The highest BCUT2D eigenvalue weighted by atomic mass is 32.1. The van der Waals surface area contributed by atoms with Gasteiger partial charge in [0.1, 0.15) is 23.6 Å². The fourth-order valence-electron chi connectivity index (χ4n) is 2.45. The molecule has 0 aliphatic heterocycles. The minimum atomic E-state index is 0.664. The topological polar surface area (TPSA) is 56.3 Å². The van der Waals surface area contributed by atoms with Crippen molar-refractivity contribution in [2.75, 3.05) is 25.6 Å². The van der Waals surface area contributed by atoms with E-state index in [0.29, 0.717) is 6.61 Å². The zero-order valence-corrected chi connectivity index (χ0v) is 15.2. The van der Waals surface area contributed by atoms with E-state index in [1.807, 2.05) is 42.6 Å². The van der Waals surface area contributed by atoms with Crippen LogP contribution in [0.1, 0.15) is 12.5 Å². The SMILES string of the molecule is CCOc1csc(-c2cc(NCCc3cccc(OC)c3)ncn2)c1. The molecule has 0 saturated carbocycles. The van der Waals surface area contributed by atoms with Crippen LogP contribution in [-0.2, 0) is 6.42 Å². The van der Waals surface area contributed by atoms with Crippen molar-refractivity contribution in [3.63, 3.8) is 0 Å². The number of rotatable bonds is 8. The molecular formula is C19H21N3O2S. The maximum atomic E-state index is 5.51. The molecule has 130 valence electrons. The molecule has 0 saturated heterocycles. The summed E-state index contributed by atoms with van der Waals surface area (Å²) in [4.78, 5) is 9.73. The van der Waals surface area contributed by atoms with E-state index >= 15 is 0 Å². The molecule has 3 aromatic rings. The van der Waals surface area contributed by atoms with Crippen LogP contribution < -0.4 is 14.8 Å². The van der Waals surface area contributed by atoms with Crippen LogP contribution in [0.25, 0.3) is 10.6 Å². The molecule has 6 heteroatoms. The van der Waals surface area contributed by atoms with Gasteiger partial charge in [-0.05, 0) is 31.0 Å². The van der Waals surface area contributed by atoms with E-state index in [9.17, 15) is 0 Å². The standard InChI is InChI=1S/C19H21N3O2S/c1-3-24-16-10-18(25-12-16)17-11-19(22-13-21-17)20-8-7-14-5-4-6-15(9-14)23-2/h4-6,9-13H,3,7-8H2,1-2H3,(H,20,21,22). The summed E-state index contributed by atoms with van der Waals surface area (Å²) in [5.41, 5.74) is 2.12. The Kier molecular flexibility index (Phi) is 5.85. The van der Waals surface area contributed by atoms with E-state index in [0.717, 1.165) is 40.9 Å². The molecule has 2 aromatic heterocycles. The quantitative estimate of drug-likeness (QED) is 0.654. The summed E-state index contributed by atoms with van der Waals surface area (Å²) in [6.07, 6.45) is 2.48. The zero-order chi connectivity index (χ0) is 17.5. The third kappa shape index (κ3) is 4.70. The van der Waals surface area contributed by atoms with E-state index in [4.69, 9.17) is 9.47 Å². The smallest absolute Gasteiger partial charge is 0.130 e. The molecule has 0 bridgehead atoms. The van der Waals surface area contributed by atoms with E-state index < -0.39 is 0 Å². The maximum Gasteiger partial charge on any atom is 0.130 e. The summed E-state index contributed by atoms with van der Waals surface area (Å²) < 4.78 is 10.8. The lowest BCUT2D eigenvalue weighted by molar-refractivity contribution is 0.342.